The van der Waals surface area contributed by atoms with Crippen LogP contribution >= 0.6 is 0 Å². The van der Waals surface area contributed by atoms with Crippen LogP contribution in [0.5, 0.6) is 5.75 Å². The summed E-state index contributed by atoms with van der Waals surface area (Å²) < 4.78 is 10.2. The Balaban J connectivity index is 1.30. The summed E-state index contributed by atoms with van der Waals surface area (Å²) >= 11 is 0. The normalized spacial score (nSPS) is 24.5. The van der Waals surface area contributed by atoms with E-state index in [-0.39, 0.29) is 29.9 Å². The topological polar surface area (TPSA) is 120 Å². The van der Waals surface area contributed by atoms with Crippen LogP contribution in [0.2, 0.25) is 0 Å². The maximum Gasteiger partial charge on any atom is 0.254 e. The van der Waals surface area contributed by atoms with E-state index in [0.29, 0.717) is 23.7 Å². The number of carbonyl (C=O) groups excluding carboxylic acids is 2. The first-order chi connectivity index (χ1) is 21.3. The smallest absolute Gasteiger partial charge is 0.254 e. The number of nitrogens with one attached hydrogen (secondary N) is 1. The Bertz CT molecular complexity index is 1740. The van der Waals surface area contributed by atoms with Gasteiger partial charge in [0.1, 0.15) is 16.9 Å². The van der Waals surface area contributed by atoms with Gasteiger partial charge in [-0.15, -0.1) is 0 Å². The highest BCUT2D eigenvalue weighted by Gasteiger charge is 2.47. The highest BCUT2D eigenvalue weighted by atomic mass is 16.5. The minimum atomic E-state index is -0.180. The average Bonchev–Trinajstić information content (AvgIpc) is 3.76. The van der Waals surface area contributed by atoms with Crippen molar-refractivity contribution in [2.45, 2.75) is 89.4 Å². The number of hydrogen-bond acceptors (Lipinski definition) is 6. The van der Waals surface area contributed by atoms with Gasteiger partial charge in [-0.1, -0.05) is 25.7 Å². The van der Waals surface area contributed by atoms with Crippen molar-refractivity contribution in [3.05, 3.63) is 41.6 Å². The van der Waals surface area contributed by atoms with E-state index < -0.39 is 0 Å². The first-order valence-corrected chi connectivity index (χ1v) is 16.2. The molecular formula is C34H43N7O3. The fourth-order valence-electron chi connectivity index (χ4n) is 7.71. The van der Waals surface area contributed by atoms with E-state index in [4.69, 9.17) is 20.4 Å². The number of hydrogen-bond donors (Lipinski definition) is 2. The van der Waals surface area contributed by atoms with Gasteiger partial charge in [0, 0.05) is 49.6 Å². The summed E-state index contributed by atoms with van der Waals surface area (Å²) in [5.41, 5.74) is 11.3. The maximum absolute atomic E-state index is 13.7. The molecule has 1 saturated carbocycles. The molecule has 1 saturated heterocycles. The first kappa shape index (κ1) is 28.8. The molecule has 4 aromatic rings. The van der Waals surface area contributed by atoms with Crippen molar-refractivity contribution < 1.29 is 14.3 Å². The number of aryl methyl sites for hydroxylation is 2. The second kappa shape index (κ2) is 11.5. The molecule has 5 heterocycles. The molecule has 10 nitrogen and oxygen atoms in total. The summed E-state index contributed by atoms with van der Waals surface area (Å²) in [6.45, 7) is 3.53. The number of fused-ring (bicyclic) bond motifs is 4. The molecule has 1 aromatic carbocycles. The second-order valence-corrected chi connectivity index (χ2v) is 13.0. The SMILES string of the molecule is COc1cc(C(=O)N2C[C@H]3CC[C@@H]2[C@@H]3N)cc2nc(-c3cc4ccc5nc4n3CCCCCCCCC(=O)N[C@@H]5C)n(C)c12. The molecule has 2 fully saturated rings. The van der Waals surface area contributed by atoms with Crippen LogP contribution in [0, 0.1) is 5.92 Å². The number of carbonyl (C=O) groups is 2. The zero-order chi connectivity index (χ0) is 30.5. The summed E-state index contributed by atoms with van der Waals surface area (Å²) in [6, 6.07) is 9.99. The number of amides is 2. The van der Waals surface area contributed by atoms with Crippen LogP contribution in [0.3, 0.4) is 0 Å². The number of imidazole rings is 1. The van der Waals surface area contributed by atoms with E-state index in [1.54, 1.807) is 7.11 Å². The van der Waals surface area contributed by atoms with Gasteiger partial charge in [0.15, 0.2) is 5.82 Å². The van der Waals surface area contributed by atoms with Gasteiger partial charge in [-0.05, 0) is 68.9 Å². The first-order valence-electron chi connectivity index (χ1n) is 16.2. The molecule has 1 aliphatic carbocycles. The molecule has 44 heavy (non-hydrogen) atoms. The fraction of sp³-hybridized carbons (Fsp3) is 0.529. The van der Waals surface area contributed by atoms with Crippen molar-refractivity contribution in [2.24, 2.45) is 18.7 Å². The minimum Gasteiger partial charge on any atom is -0.494 e. The standard InChI is InChI=1S/C34H43N7O3/c1-20-24-13-11-21-17-27(40(32(21)37-24)15-9-7-5-4-6-8-10-29(42)36-20)33-38-25-16-23(18-28(44-3)31(25)39(33)2)34(43)41-19-22-12-14-26(41)30(22)35/h11,13,16-18,20,22,26,30H,4-10,12,14-15,19,35H2,1-3H3,(H,36,42)/t20-,22-,26-,30-/m1/s1. The van der Waals surface area contributed by atoms with Crippen LogP contribution in [0.25, 0.3) is 33.6 Å². The molecule has 2 amide bonds. The number of rotatable bonds is 3. The van der Waals surface area contributed by atoms with E-state index in [2.05, 4.69) is 26.6 Å². The third-order valence-electron chi connectivity index (χ3n) is 10.2. The summed E-state index contributed by atoms with van der Waals surface area (Å²) in [6.07, 6.45) is 9.05. The van der Waals surface area contributed by atoms with Crippen LogP contribution in [-0.2, 0) is 18.4 Å². The van der Waals surface area contributed by atoms with Gasteiger partial charge < -0.3 is 29.8 Å². The maximum atomic E-state index is 13.7. The van der Waals surface area contributed by atoms with Crippen molar-refractivity contribution in [3.63, 3.8) is 0 Å². The van der Waals surface area contributed by atoms with Crippen molar-refractivity contribution in [3.8, 4) is 17.3 Å². The third-order valence-corrected chi connectivity index (χ3v) is 10.2. The average molecular weight is 598 g/mol. The quantitative estimate of drug-likeness (QED) is 0.340. The Morgan fingerprint density at radius 2 is 1.84 bits per heavy atom. The molecule has 0 radical (unpaired) electrons. The van der Waals surface area contributed by atoms with Gasteiger partial charge in [0.2, 0.25) is 5.91 Å². The van der Waals surface area contributed by atoms with Crippen molar-refractivity contribution in [1.82, 2.24) is 29.3 Å². The lowest BCUT2D eigenvalue weighted by atomic mass is 10.1. The van der Waals surface area contributed by atoms with E-state index in [9.17, 15) is 9.59 Å². The lowest BCUT2D eigenvalue weighted by Gasteiger charge is -2.27. The van der Waals surface area contributed by atoms with Crippen molar-refractivity contribution in [2.75, 3.05) is 13.7 Å². The molecule has 10 heteroatoms. The molecule has 3 aliphatic rings. The monoisotopic (exact) mass is 597 g/mol. The summed E-state index contributed by atoms with van der Waals surface area (Å²) in [5.74, 6) is 1.88. The van der Waals surface area contributed by atoms with E-state index in [1.807, 2.05) is 37.1 Å². The molecule has 4 bridgehead atoms. The Hall–Kier alpha value is -3.92. The van der Waals surface area contributed by atoms with Gasteiger partial charge in [-0.2, -0.15) is 0 Å². The number of nitrogens with zero attached hydrogens (tertiary/aromatic N) is 5. The zero-order valence-electron chi connectivity index (χ0n) is 26.0. The Labute approximate surface area is 257 Å². The number of nitrogens with two attached hydrogens (primary N) is 1. The van der Waals surface area contributed by atoms with Crippen LogP contribution in [0.1, 0.15) is 86.8 Å². The largest absolute Gasteiger partial charge is 0.494 e. The number of aromatic nitrogens is 4. The van der Waals surface area contributed by atoms with Crippen molar-refractivity contribution >= 4 is 33.9 Å². The number of likely N-dealkylation sites (tertiary alicyclic amines) is 1. The number of ether oxygens (including phenoxy) is 1. The molecule has 0 spiro atoms. The van der Waals surface area contributed by atoms with Crippen LogP contribution in [0.4, 0.5) is 0 Å². The molecule has 3 aromatic heterocycles. The zero-order valence-corrected chi connectivity index (χ0v) is 26.0. The minimum absolute atomic E-state index is 0.00364. The fourth-order valence-corrected chi connectivity index (χ4v) is 7.71. The molecular weight excluding hydrogens is 554 g/mol. The number of methoxy groups -OCH3 is 1. The van der Waals surface area contributed by atoms with Gasteiger partial charge in [-0.25, -0.2) is 9.97 Å². The van der Waals surface area contributed by atoms with Gasteiger partial charge in [0.05, 0.1) is 30.1 Å². The van der Waals surface area contributed by atoms with Crippen molar-refractivity contribution in [1.29, 1.82) is 0 Å². The molecule has 2 aliphatic heterocycles. The summed E-state index contributed by atoms with van der Waals surface area (Å²) in [7, 11) is 3.64. The molecule has 232 valence electrons. The van der Waals surface area contributed by atoms with E-state index in [0.717, 1.165) is 104 Å². The van der Waals surface area contributed by atoms with Gasteiger partial charge >= 0.3 is 0 Å². The van der Waals surface area contributed by atoms with Gasteiger partial charge in [0.25, 0.3) is 5.91 Å². The predicted octanol–water partition coefficient (Wildman–Crippen LogP) is 5.08. The molecule has 7 rings (SSSR count). The molecule has 4 atom stereocenters. The predicted molar refractivity (Wildman–Crippen MR) is 170 cm³/mol. The Kier molecular flexibility index (Phi) is 7.56. The lowest BCUT2D eigenvalue weighted by molar-refractivity contribution is -0.121. The van der Waals surface area contributed by atoms with Crippen LogP contribution < -0.4 is 15.8 Å². The van der Waals surface area contributed by atoms with Crippen LogP contribution in [-0.4, -0.2) is 61.6 Å². The highest BCUT2D eigenvalue weighted by Crippen LogP contribution is 2.39. The molecule has 3 N–H and O–H groups in total. The Morgan fingerprint density at radius 1 is 1.05 bits per heavy atom. The van der Waals surface area contributed by atoms with E-state index >= 15 is 0 Å². The Morgan fingerprint density at radius 3 is 2.59 bits per heavy atom. The summed E-state index contributed by atoms with van der Waals surface area (Å²) in [5, 5.41) is 4.17. The second-order valence-electron chi connectivity index (χ2n) is 13.0. The van der Waals surface area contributed by atoms with Crippen LogP contribution in [0.15, 0.2) is 30.3 Å². The van der Waals surface area contributed by atoms with Gasteiger partial charge in [-0.3, -0.25) is 9.59 Å². The lowest BCUT2D eigenvalue weighted by Crippen LogP contribution is -2.41. The molecule has 0 unspecified atom stereocenters. The number of pyridine rings is 1. The van der Waals surface area contributed by atoms with E-state index in [1.165, 1.54) is 0 Å². The summed E-state index contributed by atoms with van der Waals surface area (Å²) in [4.78, 5) is 38.4. The number of piperidine rings is 1. The number of benzene rings is 1. The third kappa shape index (κ3) is 4.93. The highest BCUT2D eigenvalue weighted by molar-refractivity contribution is 6.00.